The molecule has 0 fully saturated rings. The van der Waals surface area contributed by atoms with Gasteiger partial charge in [-0.2, -0.15) is 0 Å². The van der Waals surface area contributed by atoms with Crippen molar-refractivity contribution in [3.63, 3.8) is 0 Å². The second-order valence-corrected chi connectivity index (χ2v) is 6.19. The minimum atomic E-state index is 0.570. The maximum absolute atomic E-state index is 6.26. The van der Waals surface area contributed by atoms with E-state index >= 15 is 0 Å². The molecule has 6 heteroatoms. The molecule has 0 aliphatic heterocycles. The molecule has 0 unspecified atom stereocenters. The molecule has 0 saturated carbocycles. The summed E-state index contributed by atoms with van der Waals surface area (Å²) in [6, 6.07) is 11.1. The molecule has 0 bridgehead atoms. The third kappa shape index (κ3) is 2.84. The van der Waals surface area contributed by atoms with Crippen LogP contribution in [0.5, 0.6) is 0 Å². The molecule has 0 amide bonds. The fourth-order valence-electron chi connectivity index (χ4n) is 2.08. The van der Waals surface area contributed by atoms with Crippen molar-refractivity contribution in [1.29, 1.82) is 0 Å². The molecule has 106 valence electrons. The van der Waals surface area contributed by atoms with E-state index in [1.54, 1.807) is 0 Å². The van der Waals surface area contributed by atoms with Gasteiger partial charge >= 0.3 is 0 Å². The van der Waals surface area contributed by atoms with Crippen molar-refractivity contribution in [2.75, 3.05) is 12.4 Å². The molecule has 0 saturated heterocycles. The van der Waals surface area contributed by atoms with Gasteiger partial charge in [0.1, 0.15) is 5.82 Å². The predicted octanol–water partition coefficient (Wildman–Crippen LogP) is 5.41. The standard InChI is InChI=1S/C15H10BrCl2N3/c1-19-14-11-7-9(17)3-5-13(11)20-15(21-14)10-6-8(16)2-4-12(10)18/h2-7H,1H3,(H,19,20,21). The molecule has 1 N–H and O–H groups in total. The van der Waals surface area contributed by atoms with E-state index < -0.39 is 0 Å². The van der Waals surface area contributed by atoms with Gasteiger partial charge in [-0.3, -0.25) is 0 Å². The largest absolute Gasteiger partial charge is 0.373 e. The Morgan fingerprint density at radius 2 is 1.86 bits per heavy atom. The fourth-order valence-corrected chi connectivity index (χ4v) is 2.82. The zero-order chi connectivity index (χ0) is 15.0. The first-order chi connectivity index (χ1) is 10.1. The van der Waals surface area contributed by atoms with E-state index in [-0.39, 0.29) is 0 Å². The van der Waals surface area contributed by atoms with E-state index in [0.29, 0.717) is 21.7 Å². The van der Waals surface area contributed by atoms with Crippen LogP contribution < -0.4 is 5.32 Å². The summed E-state index contributed by atoms with van der Waals surface area (Å²) in [5.41, 5.74) is 1.59. The molecule has 3 nitrogen and oxygen atoms in total. The maximum atomic E-state index is 6.26. The molecule has 0 aliphatic carbocycles. The average Bonchev–Trinajstić information content (AvgIpc) is 2.48. The topological polar surface area (TPSA) is 37.8 Å². The highest BCUT2D eigenvalue weighted by molar-refractivity contribution is 9.10. The summed E-state index contributed by atoms with van der Waals surface area (Å²) >= 11 is 15.7. The zero-order valence-electron chi connectivity index (χ0n) is 11.0. The number of hydrogen-bond acceptors (Lipinski definition) is 3. The molecule has 3 aromatic rings. The molecule has 1 aromatic heterocycles. The summed E-state index contributed by atoms with van der Waals surface area (Å²) in [6.45, 7) is 0. The number of hydrogen-bond donors (Lipinski definition) is 1. The average molecular weight is 383 g/mol. The van der Waals surface area contributed by atoms with Gasteiger partial charge in [-0.05, 0) is 36.4 Å². The van der Waals surface area contributed by atoms with Crippen LogP contribution in [0.2, 0.25) is 10.0 Å². The third-order valence-electron chi connectivity index (χ3n) is 3.06. The quantitative estimate of drug-likeness (QED) is 0.644. The van der Waals surface area contributed by atoms with Gasteiger partial charge in [0.05, 0.1) is 10.5 Å². The molecule has 0 spiro atoms. The van der Waals surface area contributed by atoms with E-state index in [4.69, 9.17) is 23.2 Å². The minimum absolute atomic E-state index is 0.570. The lowest BCUT2D eigenvalue weighted by Crippen LogP contribution is -1.99. The Hall–Kier alpha value is -1.36. The van der Waals surface area contributed by atoms with Crippen LogP contribution in [-0.2, 0) is 0 Å². The predicted molar refractivity (Wildman–Crippen MR) is 92.2 cm³/mol. The van der Waals surface area contributed by atoms with E-state index in [2.05, 4.69) is 31.2 Å². The minimum Gasteiger partial charge on any atom is -0.373 e. The second-order valence-electron chi connectivity index (χ2n) is 4.43. The van der Waals surface area contributed by atoms with E-state index in [1.165, 1.54) is 0 Å². The summed E-state index contributed by atoms with van der Waals surface area (Å²) in [7, 11) is 1.81. The Balaban J connectivity index is 2.29. The molecule has 3 rings (SSSR count). The van der Waals surface area contributed by atoms with Gasteiger partial charge in [-0.1, -0.05) is 39.1 Å². The van der Waals surface area contributed by atoms with Gasteiger partial charge < -0.3 is 5.32 Å². The van der Waals surface area contributed by atoms with Gasteiger partial charge in [0.15, 0.2) is 5.82 Å². The summed E-state index contributed by atoms with van der Waals surface area (Å²) in [6.07, 6.45) is 0. The number of aromatic nitrogens is 2. The van der Waals surface area contributed by atoms with Gasteiger partial charge in [-0.15, -0.1) is 0 Å². The summed E-state index contributed by atoms with van der Waals surface area (Å²) in [5.74, 6) is 1.29. The first-order valence-corrected chi connectivity index (χ1v) is 7.74. The van der Waals surface area contributed by atoms with Crippen molar-refractivity contribution in [1.82, 2.24) is 9.97 Å². The van der Waals surface area contributed by atoms with Crippen molar-refractivity contribution < 1.29 is 0 Å². The molecule has 2 aromatic carbocycles. The van der Waals surface area contributed by atoms with Crippen molar-refractivity contribution in [2.45, 2.75) is 0 Å². The number of anilines is 1. The van der Waals surface area contributed by atoms with Crippen LogP contribution in [-0.4, -0.2) is 17.0 Å². The van der Waals surface area contributed by atoms with Gasteiger partial charge in [0.2, 0.25) is 0 Å². The van der Waals surface area contributed by atoms with Crippen molar-refractivity contribution in [3.8, 4) is 11.4 Å². The van der Waals surface area contributed by atoms with Crippen LogP contribution in [0.4, 0.5) is 5.82 Å². The van der Waals surface area contributed by atoms with Crippen molar-refractivity contribution in [2.24, 2.45) is 0 Å². The number of nitrogens with zero attached hydrogens (tertiary/aromatic N) is 2. The SMILES string of the molecule is CNc1nc(-c2cc(Br)ccc2Cl)nc2ccc(Cl)cc12. The summed E-state index contributed by atoms with van der Waals surface area (Å²) in [4.78, 5) is 9.13. The highest BCUT2D eigenvalue weighted by Gasteiger charge is 2.12. The highest BCUT2D eigenvalue weighted by atomic mass is 79.9. The number of nitrogens with one attached hydrogen (secondary N) is 1. The van der Waals surface area contributed by atoms with E-state index in [1.807, 2.05) is 43.4 Å². The van der Waals surface area contributed by atoms with Crippen LogP contribution in [0, 0.1) is 0 Å². The molecular weight excluding hydrogens is 373 g/mol. The Bertz CT molecular complexity index is 837. The molecule has 0 radical (unpaired) electrons. The lowest BCUT2D eigenvalue weighted by atomic mass is 10.2. The summed E-state index contributed by atoms with van der Waals surface area (Å²) < 4.78 is 0.924. The van der Waals surface area contributed by atoms with E-state index in [9.17, 15) is 0 Å². The van der Waals surface area contributed by atoms with Crippen LogP contribution >= 0.6 is 39.1 Å². The normalized spacial score (nSPS) is 10.9. The lowest BCUT2D eigenvalue weighted by molar-refractivity contribution is 1.21. The van der Waals surface area contributed by atoms with Gasteiger partial charge in [-0.25, -0.2) is 9.97 Å². The Morgan fingerprint density at radius 3 is 2.62 bits per heavy atom. The third-order valence-corrected chi connectivity index (χ3v) is 4.12. The number of halogens is 3. The van der Waals surface area contributed by atoms with Crippen LogP contribution in [0.25, 0.3) is 22.3 Å². The van der Waals surface area contributed by atoms with Crippen LogP contribution in [0.1, 0.15) is 0 Å². The number of rotatable bonds is 2. The number of fused-ring (bicyclic) bond motifs is 1. The van der Waals surface area contributed by atoms with Crippen LogP contribution in [0.3, 0.4) is 0 Å². The molecule has 21 heavy (non-hydrogen) atoms. The Labute approximate surface area is 140 Å². The first kappa shape index (κ1) is 14.6. The summed E-state index contributed by atoms with van der Waals surface area (Å²) in [5, 5.41) is 5.21. The highest BCUT2D eigenvalue weighted by Crippen LogP contribution is 2.32. The smallest absolute Gasteiger partial charge is 0.163 e. The van der Waals surface area contributed by atoms with Gasteiger partial charge in [0, 0.05) is 27.5 Å². The monoisotopic (exact) mass is 381 g/mol. The fraction of sp³-hybridized carbons (Fsp3) is 0.0667. The molecular formula is C15H10BrCl2N3. The molecule has 0 atom stereocenters. The van der Waals surface area contributed by atoms with Gasteiger partial charge in [0.25, 0.3) is 0 Å². The number of benzene rings is 2. The Morgan fingerprint density at radius 1 is 1.05 bits per heavy atom. The van der Waals surface area contributed by atoms with Crippen LogP contribution in [0.15, 0.2) is 40.9 Å². The Kier molecular flexibility index (Phi) is 4.02. The van der Waals surface area contributed by atoms with E-state index in [0.717, 1.165) is 20.9 Å². The van der Waals surface area contributed by atoms with Crippen molar-refractivity contribution >= 4 is 55.9 Å². The molecule has 0 aliphatic rings. The second kappa shape index (κ2) is 5.79. The lowest BCUT2D eigenvalue weighted by Gasteiger charge is -2.10. The first-order valence-electron chi connectivity index (χ1n) is 6.19. The maximum Gasteiger partial charge on any atom is 0.163 e. The van der Waals surface area contributed by atoms with Crippen molar-refractivity contribution in [3.05, 3.63) is 50.9 Å². The zero-order valence-corrected chi connectivity index (χ0v) is 14.1. The molecule has 1 heterocycles.